The van der Waals surface area contributed by atoms with Crippen LogP contribution in [0.25, 0.3) is 0 Å². The Labute approximate surface area is 119 Å². The highest BCUT2D eigenvalue weighted by Crippen LogP contribution is 2.22. The molecule has 1 aromatic rings. The molecular weight excluding hydrogens is 280 g/mol. The zero-order chi connectivity index (χ0) is 14.8. The van der Waals surface area contributed by atoms with E-state index in [0.717, 1.165) is 19.3 Å². The van der Waals surface area contributed by atoms with E-state index in [1.165, 1.54) is 10.5 Å². The number of hydrogen-bond donors (Lipinski definition) is 1. The molecule has 0 amide bonds. The molecule has 0 radical (unpaired) electrons. The summed E-state index contributed by atoms with van der Waals surface area (Å²) >= 11 is 0. The van der Waals surface area contributed by atoms with Gasteiger partial charge in [0, 0.05) is 32.9 Å². The Morgan fingerprint density at radius 2 is 2.35 bits per heavy atom. The van der Waals surface area contributed by atoms with Crippen molar-refractivity contribution in [1.82, 2.24) is 14.1 Å². The van der Waals surface area contributed by atoms with Crippen molar-refractivity contribution in [3.63, 3.8) is 0 Å². The fourth-order valence-corrected chi connectivity index (χ4v) is 3.56. The van der Waals surface area contributed by atoms with Crippen LogP contribution in [0.1, 0.15) is 26.2 Å². The Balaban J connectivity index is 2.15. The van der Waals surface area contributed by atoms with Crippen molar-refractivity contribution in [3.8, 4) is 0 Å². The van der Waals surface area contributed by atoms with Crippen molar-refractivity contribution >= 4 is 15.8 Å². The topological polar surface area (TPSA) is 90.5 Å². The number of nitrogen functional groups attached to an aromatic ring is 1. The SMILES string of the molecule is CCCn1cc(S(=O)(=O)N(C)CC2CCCO2)c(N)n1. The zero-order valence-corrected chi connectivity index (χ0v) is 12.8. The Kier molecular flexibility index (Phi) is 4.66. The fraction of sp³-hybridized carbons (Fsp3) is 0.750. The molecule has 1 aliphatic rings. The molecule has 0 saturated carbocycles. The van der Waals surface area contributed by atoms with E-state index in [1.807, 2.05) is 6.92 Å². The highest BCUT2D eigenvalue weighted by molar-refractivity contribution is 7.89. The summed E-state index contributed by atoms with van der Waals surface area (Å²) in [4.78, 5) is 0.0754. The fourth-order valence-electron chi connectivity index (χ4n) is 2.30. The molecule has 2 heterocycles. The number of rotatable bonds is 6. The third-order valence-corrected chi connectivity index (χ3v) is 5.22. The number of nitrogens with two attached hydrogens (primary N) is 1. The van der Waals surface area contributed by atoms with Gasteiger partial charge in [0.2, 0.25) is 10.0 Å². The third-order valence-electron chi connectivity index (χ3n) is 3.38. The summed E-state index contributed by atoms with van der Waals surface area (Å²) in [5.41, 5.74) is 5.73. The van der Waals surface area contributed by atoms with Gasteiger partial charge in [-0.15, -0.1) is 0 Å². The van der Waals surface area contributed by atoms with Crippen LogP contribution in [-0.4, -0.2) is 48.8 Å². The predicted molar refractivity (Wildman–Crippen MR) is 75.7 cm³/mol. The van der Waals surface area contributed by atoms with Gasteiger partial charge in [0.1, 0.15) is 4.90 Å². The number of hydrogen-bond acceptors (Lipinski definition) is 5. The maximum Gasteiger partial charge on any atom is 0.248 e. The first-order valence-corrected chi connectivity index (χ1v) is 8.30. The van der Waals surface area contributed by atoms with Gasteiger partial charge in [-0.3, -0.25) is 4.68 Å². The van der Waals surface area contributed by atoms with Crippen molar-refractivity contribution in [1.29, 1.82) is 0 Å². The van der Waals surface area contributed by atoms with Crippen LogP contribution in [0, 0.1) is 0 Å². The minimum absolute atomic E-state index is 0.0262. The van der Waals surface area contributed by atoms with Gasteiger partial charge in [0.05, 0.1) is 6.10 Å². The molecule has 1 fully saturated rings. The normalized spacial score (nSPS) is 19.9. The van der Waals surface area contributed by atoms with Crippen LogP contribution in [0.4, 0.5) is 5.82 Å². The molecule has 1 unspecified atom stereocenters. The Hall–Kier alpha value is -1.12. The van der Waals surface area contributed by atoms with E-state index < -0.39 is 10.0 Å². The van der Waals surface area contributed by atoms with Gasteiger partial charge in [-0.25, -0.2) is 8.42 Å². The van der Waals surface area contributed by atoms with E-state index in [1.54, 1.807) is 11.7 Å². The third kappa shape index (κ3) is 3.13. The van der Waals surface area contributed by atoms with E-state index in [4.69, 9.17) is 10.5 Å². The molecule has 114 valence electrons. The summed E-state index contributed by atoms with van der Waals surface area (Å²) in [5.74, 6) is 0.0534. The Morgan fingerprint density at radius 3 is 2.95 bits per heavy atom. The molecule has 1 aromatic heterocycles. The highest BCUT2D eigenvalue weighted by Gasteiger charge is 2.29. The molecule has 8 heteroatoms. The van der Waals surface area contributed by atoms with Crippen molar-refractivity contribution in [3.05, 3.63) is 6.20 Å². The second-order valence-electron chi connectivity index (χ2n) is 5.06. The van der Waals surface area contributed by atoms with E-state index in [2.05, 4.69) is 5.10 Å². The standard InChI is InChI=1S/C12H22N4O3S/c1-3-6-16-9-11(12(13)14-16)20(17,18)15(2)8-10-5-4-7-19-10/h9-10H,3-8H2,1-2H3,(H2,13,14). The van der Waals surface area contributed by atoms with Gasteiger partial charge in [0.15, 0.2) is 5.82 Å². The number of anilines is 1. The number of nitrogens with zero attached hydrogens (tertiary/aromatic N) is 3. The molecule has 1 saturated heterocycles. The van der Waals surface area contributed by atoms with Crippen molar-refractivity contribution in [2.24, 2.45) is 0 Å². The molecule has 0 aromatic carbocycles. The largest absolute Gasteiger partial charge is 0.381 e. The predicted octanol–water partition coefficient (Wildman–Crippen LogP) is 0.675. The van der Waals surface area contributed by atoms with Crippen LogP contribution in [0.15, 0.2) is 11.1 Å². The van der Waals surface area contributed by atoms with E-state index in [-0.39, 0.29) is 16.8 Å². The summed E-state index contributed by atoms with van der Waals surface area (Å²) in [6.45, 7) is 3.70. The molecular formula is C12H22N4O3S. The average Bonchev–Trinajstić information content (AvgIpc) is 2.99. The lowest BCUT2D eigenvalue weighted by Gasteiger charge is -2.19. The molecule has 0 bridgehead atoms. The van der Waals surface area contributed by atoms with Crippen LogP contribution in [0.3, 0.4) is 0 Å². The second kappa shape index (κ2) is 6.11. The van der Waals surface area contributed by atoms with Gasteiger partial charge in [-0.1, -0.05) is 6.92 Å². The number of ether oxygens (including phenoxy) is 1. The van der Waals surface area contributed by atoms with E-state index in [0.29, 0.717) is 19.7 Å². The summed E-state index contributed by atoms with van der Waals surface area (Å²) in [5, 5.41) is 4.04. The maximum absolute atomic E-state index is 12.5. The summed E-state index contributed by atoms with van der Waals surface area (Å²) in [7, 11) is -2.06. The lowest BCUT2D eigenvalue weighted by atomic mass is 10.2. The average molecular weight is 302 g/mol. The van der Waals surface area contributed by atoms with Gasteiger partial charge in [-0.2, -0.15) is 9.40 Å². The van der Waals surface area contributed by atoms with Crippen LogP contribution >= 0.6 is 0 Å². The Morgan fingerprint density at radius 1 is 1.60 bits per heavy atom. The van der Waals surface area contributed by atoms with E-state index >= 15 is 0 Å². The number of aryl methyl sites for hydroxylation is 1. The lowest BCUT2D eigenvalue weighted by Crippen LogP contribution is -2.34. The molecule has 2 N–H and O–H groups in total. The lowest BCUT2D eigenvalue weighted by molar-refractivity contribution is 0.0979. The van der Waals surface area contributed by atoms with Crippen LogP contribution in [0.5, 0.6) is 0 Å². The monoisotopic (exact) mass is 302 g/mol. The minimum atomic E-state index is -3.61. The summed E-state index contributed by atoms with van der Waals surface area (Å²) < 4.78 is 33.3. The number of sulfonamides is 1. The number of aromatic nitrogens is 2. The van der Waals surface area contributed by atoms with Gasteiger partial charge >= 0.3 is 0 Å². The van der Waals surface area contributed by atoms with Crippen LogP contribution < -0.4 is 5.73 Å². The first-order chi connectivity index (χ1) is 9.45. The highest BCUT2D eigenvalue weighted by atomic mass is 32.2. The molecule has 0 aliphatic carbocycles. The maximum atomic E-state index is 12.5. The van der Waals surface area contributed by atoms with Gasteiger partial charge in [0.25, 0.3) is 0 Å². The number of likely N-dealkylation sites (N-methyl/N-ethyl adjacent to an activating group) is 1. The molecule has 1 atom stereocenters. The van der Waals surface area contributed by atoms with Crippen molar-refractivity contribution < 1.29 is 13.2 Å². The van der Waals surface area contributed by atoms with Crippen molar-refractivity contribution in [2.75, 3.05) is 25.9 Å². The zero-order valence-electron chi connectivity index (χ0n) is 11.9. The summed E-state index contributed by atoms with van der Waals surface area (Å²) in [6, 6.07) is 0. The minimum Gasteiger partial charge on any atom is -0.381 e. The molecule has 20 heavy (non-hydrogen) atoms. The molecule has 0 spiro atoms. The van der Waals surface area contributed by atoms with E-state index in [9.17, 15) is 8.42 Å². The van der Waals surface area contributed by atoms with Gasteiger partial charge < -0.3 is 10.5 Å². The van der Waals surface area contributed by atoms with Gasteiger partial charge in [-0.05, 0) is 19.3 Å². The van der Waals surface area contributed by atoms with Crippen LogP contribution in [0.2, 0.25) is 0 Å². The smallest absolute Gasteiger partial charge is 0.248 e. The van der Waals surface area contributed by atoms with Crippen molar-refractivity contribution in [2.45, 2.75) is 43.7 Å². The summed E-state index contributed by atoms with van der Waals surface area (Å²) in [6.07, 6.45) is 4.22. The first-order valence-electron chi connectivity index (χ1n) is 6.86. The van der Waals surface area contributed by atoms with Crippen LogP contribution in [-0.2, 0) is 21.3 Å². The quantitative estimate of drug-likeness (QED) is 0.834. The molecule has 1 aliphatic heterocycles. The molecule has 7 nitrogen and oxygen atoms in total. The second-order valence-corrected chi connectivity index (χ2v) is 7.08. The first kappa shape index (κ1) is 15.3. The Bertz CT molecular complexity index is 549. The molecule has 2 rings (SSSR count).